The molecule has 0 saturated carbocycles. The molecule has 0 aromatic carbocycles. The van der Waals surface area contributed by atoms with E-state index in [9.17, 15) is 0 Å². The van der Waals surface area contributed by atoms with Crippen LogP contribution in [0.5, 0.6) is 0 Å². The summed E-state index contributed by atoms with van der Waals surface area (Å²) in [5.74, 6) is 0. The number of rotatable bonds is 2. The van der Waals surface area contributed by atoms with E-state index in [4.69, 9.17) is 16.5 Å². The van der Waals surface area contributed by atoms with Crippen molar-refractivity contribution < 1.29 is 16.5 Å². The van der Waals surface area contributed by atoms with Crippen LogP contribution in [0.1, 0.15) is 13.8 Å². The van der Waals surface area contributed by atoms with Gasteiger partial charge in [0.1, 0.15) is 0 Å². The van der Waals surface area contributed by atoms with Crippen molar-refractivity contribution in [1.29, 1.82) is 0 Å². The lowest BCUT2D eigenvalue weighted by molar-refractivity contribution is 0.254. The summed E-state index contributed by atoms with van der Waals surface area (Å²) >= 11 is 0. The lowest BCUT2D eigenvalue weighted by atomic mass is 10.9. The molecule has 2 radical (unpaired) electrons. The smallest absolute Gasteiger partial charge is 0.413 e. The van der Waals surface area contributed by atoms with Crippen LogP contribution in [0.4, 0.5) is 0 Å². The Morgan fingerprint density at radius 2 is 1.38 bits per heavy atom. The highest BCUT2D eigenvalue weighted by molar-refractivity contribution is 6.88. The van der Waals surface area contributed by atoms with E-state index in [0.717, 1.165) is 12.1 Å². The van der Waals surface area contributed by atoms with Crippen LogP contribution in [0.2, 0.25) is 38.3 Å². The van der Waals surface area contributed by atoms with E-state index < -0.39 is 25.7 Å². The molecule has 0 unspecified atom stereocenters. The highest BCUT2D eigenvalue weighted by Crippen LogP contribution is 2.28. The first-order valence-corrected chi connectivity index (χ1v) is 14.4. The molecule has 0 aromatic heterocycles. The maximum absolute atomic E-state index is 6.30. The molecule has 1 aliphatic rings. The van der Waals surface area contributed by atoms with Crippen molar-refractivity contribution in [2.75, 3.05) is 0 Å². The van der Waals surface area contributed by atoms with Gasteiger partial charge in [0.25, 0.3) is 0 Å². The second-order valence-electron chi connectivity index (χ2n) is 4.91. The molecule has 0 aliphatic carbocycles. The molecule has 0 bridgehead atoms. The molecule has 0 spiro atoms. The predicted octanol–water partition coefficient (Wildman–Crippen LogP) is 2.49. The molecule has 1 fully saturated rings. The minimum atomic E-state index is -2.11. The van der Waals surface area contributed by atoms with Gasteiger partial charge in [0, 0.05) is 0 Å². The van der Waals surface area contributed by atoms with Crippen molar-refractivity contribution in [3.8, 4) is 0 Å². The highest BCUT2D eigenvalue weighted by Gasteiger charge is 2.47. The van der Waals surface area contributed by atoms with Crippen LogP contribution in [0.25, 0.3) is 0 Å². The first-order valence-electron chi connectivity index (χ1n) is 5.75. The zero-order valence-corrected chi connectivity index (χ0v) is 15.0. The fourth-order valence-corrected chi connectivity index (χ4v) is 16.5. The first kappa shape index (κ1) is 14.8. The molecule has 0 atom stereocenters. The standard InChI is InChI=1S/C8H22O4Si4/c1-7-16(8-2)10-13-9-14(3,4)11-15(5,6)12-16/h7-8H2,1-6H3. The second kappa shape index (κ2) is 5.14. The number of hydrogen-bond acceptors (Lipinski definition) is 4. The van der Waals surface area contributed by atoms with E-state index in [1.807, 2.05) is 13.1 Å². The lowest BCUT2D eigenvalue weighted by Gasteiger charge is -2.42. The Balaban J connectivity index is 2.85. The quantitative estimate of drug-likeness (QED) is 0.733. The van der Waals surface area contributed by atoms with Crippen molar-refractivity contribution >= 4 is 35.7 Å². The SMILES string of the molecule is CC[Si]1(CC)O[Si]O[Si](C)(C)O[Si](C)(C)O1. The third-order valence-electron chi connectivity index (χ3n) is 2.52. The van der Waals surface area contributed by atoms with E-state index in [0.29, 0.717) is 0 Å². The van der Waals surface area contributed by atoms with E-state index in [2.05, 4.69) is 26.9 Å². The summed E-state index contributed by atoms with van der Waals surface area (Å²) in [5.41, 5.74) is 0. The van der Waals surface area contributed by atoms with Crippen LogP contribution in [0, 0.1) is 0 Å². The average Bonchev–Trinajstić information content (AvgIpc) is 2.12. The maximum atomic E-state index is 6.30. The van der Waals surface area contributed by atoms with Crippen LogP contribution in [-0.2, 0) is 16.5 Å². The minimum absolute atomic E-state index is 0.0784. The topological polar surface area (TPSA) is 36.9 Å². The molecule has 1 aliphatic heterocycles. The summed E-state index contributed by atoms with van der Waals surface area (Å²) < 4.78 is 24.1. The minimum Gasteiger partial charge on any atom is -0.416 e. The summed E-state index contributed by atoms with van der Waals surface area (Å²) in [6, 6.07) is 1.92. The van der Waals surface area contributed by atoms with Gasteiger partial charge in [-0.3, -0.25) is 0 Å². The molecule has 4 nitrogen and oxygen atoms in total. The van der Waals surface area contributed by atoms with Gasteiger partial charge in [-0.05, 0) is 38.3 Å². The summed E-state index contributed by atoms with van der Waals surface area (Å²) in [7, 11) is -6.14. The zero-order valence-electron chi connectivity index (χ0n) is 11.0. The Hall–Kier alpha value is 0.708. The van der Waals surface area contributed by atoms with Gasteiger partial charge in [-0.15, -0.1) is 0 Å². The zero-order chi connectivity index (χ0) is 12.4. The van der Waals surface area contributed by atoms with Crippen LogP contribution in [-0.4, -0.2) is 35.7 Å². The van der Waals surface area contributed by atoms with Crippen LogP contribution < -0.4 is 0 Å². The van der Waals surface area contributed by atoms with Gasteiger partial charge in [0.05, 0.1) is 0 Å². The molecule has 1 rings (SSSR count). The van der Waals surface area contributed by atoms with Gasteiger partial charge >= 0.3 is 35.7 Å². The van der Waals surface area contributed by atoms with Gasteiger partial charge in [-0.1, -0.05) is 13.8 Å². The van der Waals surface area contributed by atoms with E-state index in [1.54, 1.807) is 0 Å². The third kappa shape index (κ3) is 3.87. The van der Waals surface area contributed by atoms with Gasteiger partial charge in [-0.25, -0.2) is 0 Å². The van der Waals surface area contributed by atoms with Crippen molar-refractivity contribution in [2.24, 2.45) is 0 Å². The van der Waals surface area contributed by atoms with Crippen molar-refractivity contribution in [3.05, 3.63) is 0 Å². The Morgan fingerprint density at radius 3 is 1.88 bits per heavy atom. The molecule has 8 heteroatoms. The Morgan fingerprint density at radius 1 is 0.812 bits per heavy atom. The molecular formula is C8H22O4Si4. The summed E-state index contributed by atoms with van der Waals surface area (Å²) in [6.07, 6.45) is 0. The average molecular weight is 295 g/mol. The van der Waals surface area contributed by atoms with E-state index >= 15 is 0 Å². The molecule has 1 saturated heterocycles. The van der Waals surface area contributed by atoms with Crippen LogP contribution >= 0.6 is 0 Å². The van der Waals surface area contributed by atoms with Crippen molar-refractivity contribution in [3.63, 3.8) is 0 Å². The lowest BCUT2D eigenvalue weighted by Crippen LogP contribution is -2.60. The summed E-state index contributed by atoms with van der Waals surface area (Å²) in [5, 5.41) is 0. The van der Waals surface area contributed by atoms with Crippen LogP contribution in [0.3, 0.4) is 0 Å². The Kier molecular flexibility index (Phi) is 4.75. The van der Waals surface area contributed by atoms with Crippen molar-refractivity contribution in [2.45, 2.75) is 52.1 Å². The van der Waals surface area contributed by atoms with Gasteiger partial charge in [0.15, 0.2) is 0 Å². The molecule has 0 amide bonds. The van der Waals surface area contributed by atoms with E-state index in [-0.39, 0.29) is 10.0 Å². The Labute approximate surface area is 104 Å². The molecular weight excluding hydrogens is 272 g/mol. The largest absolute Gasteiger partial charge is 0.416 e. The predicted molar refractivity (Wildman–Crippen MR) is 71.8 cm³/mol. The fourth-order valence-electron chi connectivity index (χ4n) is 1.84. The molecule has 1 heterocycles. The fraction of sp³-hybridized carbons (Fsp3) is 1.00. The van der Waals surface area contributed by atoms with Gasteiger partial charge < -0.3 is 16.5 Å². The highest BCUT2D eigenvalue weighted by atomic mass is 28.5. The molecule has 0 aromatic rings. The van der Waals surface area contributed by atoms with Gasteiger partial charge in [-0.2, -0.15) is 0 Å². The Bertz CT molecular complexity index is 242. The first-order chi connectivity index (χ1) is 7.24. The summed E-state index contributed by atoms with van der Waals surface area (Å²) in [4.78, 5) is 0. The van der Waals surface area contributed by atoms with E-state index in [1.165, 1.54) is 0 Å². The molecule has 16 heavy (non-hydrogen) atoms. The molecule has 94 valence electrons. The third-order valence-corrected chi connectivity index (χ3v) is 16.2. The summed E-state index contributed by atoms with van der Waals surface area (Å²) in [6.45, 7) is 12.6. The number of hydrogen-bond donors (Lipinski definition) is 0. The van der Waals surface area contributed by atoms with Crippen molar-refractivity contribution in [1.82, 2.24) is 0 Å². The maximum Gasteiger partial charge on any atom is 0.413 e. The van der Waals surface area contributed by atoms with Crippen LogP contribution in [0.15, 0.2) is 0 Å². The molecule has 0 N–H and O–H groups in total. The normalized spacial score (nSPS) is 28.1. The second-order valence-corrected chi connectivity index (χ2v) is 17.2. The van der Waals surface area contributed by atoms with Gasteiger partial charge in [0.2, 0.25) is 0 Å². The monoisotopic (exact) mass is 294 g/mol.